The van der Waals surface area contributed by atoms with Crippen LogP contribution in [0.1, 0.15) is 44.1 Å². The maximum Gasteiger partial charge on any atom is 0.271 e. The molecule has 0 unspecified atom stereocenters. The van der Waals surface area contributed by atoms with Gasteiger partial charge in [0.05, 0.1) is 0 Å². The molecule has 0 radical (unpaired) electrons. The first kappa shape index (κ1) is 14.4. The van der Waals surface area contributed by atoms with Crippen molar-refractivity contribution in [1.82, 2.24) is 15.5 Å². The molecule has 1 aromatic heterocycles. The topological polar surface area (TPSA) is 66.9 Å². The van der Waals surface area contributed by atoms with E-state index in [0.29, 0.717) is 24.0 Å². The summed E-state index contributed by atoms with van der Waals surface area (Å²) in [5, 5.41) is 13.9. The average molecular weight is 250 g/mol. The second-order valence-corrected chi connectivity index (χ2v) is 4.69. The molecule has 1 amide bonds. The van der Waals surface area contributed by atoms with Crippen LogP contribution in [-0.4, -0.2) is 29.2 Å². The number of carbonyl (C=O) groups excluding carboxylic acids is 1. The second-order valence-electron chi connectivity index (χ2n) is 4.69. The van der Waals surface area contributed by atoms with E-state index < -0.39 is 0 Å². The maximum absolute atomic E-state index is 11.7. The number of amides is 1. The summed E-state index contributed by atoms with van der Waals surface area (Å²) in [6, 6.07) is 3.48. The van der Waals surface area contributed by atoms with E-state index in [4.69, 9.17) is 0 Å². The monoisotopic (exact) mass is 250 g/mol. The van der Waals surface area contributed by atoms with Gasteiger partial charge in [-0.25, -0.2) is 0 Å². The zero-order valence-corrected chi connectivity index (χ0v) is 11.4. The molecular weight excluding hydrogens is 228 g/mol. The van der Waals surface area contributed by atoms with Crippen LogP contribution in [0.3, 0.4) is 0 Å². The lowest BCUT2D eigenvalue weighted by atomic mass is 10.2. The Hall–Kier alpha value is -1.65. The molecule has 100 valence electrons. The normalized spacial score (nSPS) is 10.4. The molecular formula is C13H22N4O. The van der Waals surface area contributed by atoms with E-state index in [2.05, 4.69) is 27.8 Å². The molecule has 5 heteroatoms. The van der Waals surface area contributed by atoms with E-state index >= 15 is 0 Å². The van der Waals surface area contributed by atoms with Crippen molar-refractivity contribution in [3.05, 3.63) is 17.8 Å². The minimum absolute atomic E-state index is 0.170. The second kappa shape index (κ2) is 7.63. The van der Waals surface area contributed by atoms with Crippen molar-refractivity contribution in [2.45, 2.75) is 33.6 Å². The Labute approximate surface area is 108 Å². The zero-order valence-electron chi connectivity index (χ0n) is 11.4. The molecule has 0 spiro atoms. The molecule has 1 rings (SSSR count). The quantitative estimate of drug-likeness (QED) is 0.727. The lowest BCUT2D eigenvalue weighted by molar-refractivity contribution is 0.0943. The highest BCUT2D eigenvalue weighted by atomic mass is 16.1. The summed E-state index contributed by atoms with van der Waals surface area (Å²) in [6.45, 7) is 7.76. The predicted molar refractivity (Wildman–Crippen MR) is 72.6 cm³/mol. The number of unbranched alkanes of at least 4 members (excludes halogenated alkanes) is 1. The van der Waals surface area contributed by atoms with Crippen molar-refractivity contribution in [1.29, 1.82) is 0 Å². The van der Waals surface area contributed by atoms with Crippen LogP contribution in [0.4, 0.5) is 5.82 Å². The van der Waals surface area contributed by atoms with Crippen molar-refractivity contribution < 1.29 is 4.79 Å². The van der Waals surface area contributed by atoms with Crippen LogP contribution in [0, 0.1) is 5.92 Å². The van der Waals surface area contributed by atoms with Gasteiger partial charge < -0.3 is 10.6 Å². The van der Waals surface area contributed by atoms with Crippen LogP contribution in [0.2, 0.25) is 0 Å². The van der Waals surface area contributed by atoms with Gasteiger partial charge in [0.25, 0.3) is 5.91 Å². The van der Waals surface area contributed by atoms with E-state index in [1.54, 1.807) is 12.1 Å². The average Bonchev–Trinajstić information content (AvgIpc) is 2.37. The van der Waals surface area contributed by atoms with Crippen LogP contribution in [0.15, 0.2) is 12.1 Å². The summed E-state index contributed by atoms with van der Waals surface area (Å²) in [7, 11) is 0. The van der Waals surface area contributed by atoms with E-state index in [9.17, 15) is 4.79 Å². The summed E-state index contributed by atoms with van der Waals surface area (Å²) in [4.78, 5) is 11.7. The van der Waals surface area contributed by atoms with Gasteiger partial charge in [0.1, 0.15) is 5.82 Å². The van der Waals surface area contributed by atoms with Gasteiger partial charge in [-0.1, -0.05) is 27.2 Å². The van der Waals surface area contributed by atoms with Crippen LogP contribution >= 0.6 is 0 Å². The molecule has 1 aromatic rings. The third-order valence-corrected chi connectivity index (χ3v) is 2.40. The number of nitrogens with zero attached hydrogens (tertiary/aromatic N) is 2. The Morgan fingerprint density at radius 2 is 2.11 bits per heavy atom. The van der Waals surface area contributed by atoms with E-state index in [1.807, 2.05) is 13.8 Å². The van der Waals surface area contributed by atoms with Crippen molar-refractivity contribution in [3.8, 4) is 0 Å². The number of carbonyl (C=O) groups is 1. The Bertz CT molecular complexity index is 362. The molecule has 18 heavy (non-hydrogen) atoms. The van der Waals surface area contributed by atoms with Crippen LogP contribution < -0.4 is 10.6 Å². The summed E-state index contributed by atoms with van der Waals surface area (Å²) in [6.07, 6.45) is 2.23. The first-order valence-electron chi connectivity index (χ1n) is 6.49. The predicted octanol–water partition coefficient (Wildman–Crippen LogP) is 2.07. The minimum Gasteiger partial charge on any atom is -0.369 e. The fraction of sp³-hybridized carbons (Fsp3) is 0.615. The molecule has 2 N–H and O–H groups in total. The standard InChI is InChI=1S/C13H22N4O/c1-4-5-8-14-12-7-6-11(16-17-12)13(18)15-9-10(2)3/h6-7,10H,4-5,8-9H2,1-3H3,(H,14,17)(H,15,18). The van der Waals surface area contributed by atoms with Crippen LogP contribution in [-0.2, 0) is 0 Å². The van der Waals surface area contributed by atoms with E-state index in [1.165, 1.54) is 0 Å². The molecule has 0 aliphatic heterocycles. The molecule has 0 aliphatic rings. The lowest BCUT2D eigenvalue weighted by Gasteiger charge is -2.07. The molecule has 0 atom stereocenters. The van der Waals surface area contributed by atoms with Gasteiger partial charge in [-0.15, -0.1) is 10.2 Å². The number of nitrogens with one attached hydrogen (secondary N) is 2. The number of aromatic nitrogens is 2. The van der Waals surface area contributed by atoms with Gasteiger partial charge >= 0.3 is 0 Å². The smallest absolute Gasteiger partial charge is 0.271 e. The van der Waals surface area contributed by atoms with Crippen LogP contribution in [0.5, 0.6) is 0 Å². The summed E-state index contributed by atoms with van der Waals surface area (Å²) >= 11 is 0. The molecule has 5 nitrogen and oxygen atoms in total. The Morgan fingerprint density at radius 1 is 1.33 bits per heavy atom. The Morgan fingerprint density at radius 3 is 2.67 bits per heavy atom. The Balaban J connectivity index is 2.46. The lowest BCUT2D eigenvalue weighted by Crippen LogP contribution is -2.28. The van der Waals surface area contributed by atoms with E-state index in [-0.39, 0.29) is 5.91 Å². The van der Waals surface area contributed by atoms with Crippen molar-refractivity contribution in [3.63, 3.8) is 0 Å². The van der Waals surface area contributed by atoms with Gasteiger partial charge in [-0.05, 0) is 24.5 Å². The highest BCUT2D eigenvalue weighted by Gasteiger charge is 2.08. The highest BCUT2D eigenvalue weighted by Crippen LogP contribution is 2.02. The largest absolute Gasteiger partial charge is 0.369 e. The molecule has 0 fully saturated rings. The minimum atomic E-state index is -0.170. The first-order valence-corrected chi connectivity index (χ1v) is 6.49. The van der Waals surface area contributed by atoms with E-state index in [0.717, 1.165) is 19.4 Å². The summed E-state index contributed by atoms with van der Waals surface area (Å²) < 4.78 is 0. The van der Waals surface area contributed by atoms with Gasteiger partial charge in [-0.2, -0.15) is 0 Å². The third kappa shape index (κ3) is 5.12. The number of hydrogen-bond acceptors (Lipinski definition) is 4. The molecule has 0 bridgehead atoms. The summed E-state index contributed by atoms with van der Waals surface area (Å²) in [5.74, 6) is 0.970. The molecule has 0 aliphatic carbocycles. The zero-order chi connectivity index (χ0) is 13.4. The first-order chi connectivity index (χ1) is 8.63. The SMILES string of the molecule is CCCCNc1ccc(C(=O)NCC(C)C)nn1. The van der Waals surface area contributed by atoms with Gasteiger partial charge in [0.15, 0.2) is 5.69 Å². The van der Waals surface area contributed by atoms with Crippen LogP contribution in [0.25, 0.3) is 0 Å². The molecule has 0 saturated carbocycles. The third-order valence-electron chi connectivity index (χ3n) is 2.40. The maximum atomic E-state index is 11.7. The fourth-order valence-electron chi connectivity index (χ4n) is 1.33. The highest BCUT2D eigenvalue weighted by molar-refractivity contribution is 5.92. The van der Waals surface area contributed by atoms with Gasteiger partial charge in [0, 0.05) is 13.1 Å². The molecule has 1 heterocycles. The van der Waals surface area contributed by atoms with Crippen molar-refractivity contribution >= 4 is 11.7 Å². The van der Waals surface area contributed by atoms with Gasteiger partial charge in [-0.3, -0.25) is 4.79 Å². The van der Waals surface area contributed by atoms with Crippen molar-refractivity contribution in [2.75, 3.05) is 18.4 Å². The van der Waals surface area contributed by atoms with Gasteiger partial charge in [0.2, 0.25) is 0 Å². The number of hydrogen-bond donors (Lipinski definition) is 2. The Kier molecular flexibility index (Phi) is 6.11. The fourth-order valence-corrected chi connectivity index (χ4v) is 1.33. The number of rotatable bonds is 7. The number of anilines is 1. The van der Waals surface area contributed by atoms with Crippen molar-refractivity contribution in [2.24, 2.45) is 5.92 Å². The molecule has 0 aromatic carbocycles. The molecule has 0 saturated heterocycles. The summed E-state index contributed by atoms with van der Waals surface area (Å²) in [5.41, 5.74) is 0.358.